The van der Waals surface area contributed by atoms with Gasteiger partial charge in [-0.15, -0.1) is 24.0 Å². The number of aliphatic imine (C=N–C) groups is 1. The summed E-state index contributed by atoms with van der Waals surface area (Å²) in [5, 5.41) is 7.74. The molecule has 3 heterocycles. The molecule has 0 atom stereocenters. The van der Waals surface area contributed by atoms with Crippen molar-refractivity contribution in [1.29, 1.82) is 0 Å². The lowest BCUT2D eigenvalue weighted by Crippen LogP contribution is -2.52. The van der Waals surface area contributed by atoms with E-state index in [0.717, 1.165) is 50.1 Å². The molecule has 30 heavy (non-hydrogen) atoms. The number of hydrogen-bond donors (Lipinski definition) is 1. The van der Waals surface area contributed by atoms with Crippen molar-refractivity contribution < 1.29 is 0 Å². The van der Waals surface area contributed by atoms with E-state index in [0.29, 0.717) is 6.54 Å². The highest BCUT2D eigenvalue weighted by Gasteiger charge is 2.19. The second-order valence-corrected chi connectivity index (χ2v) is 7.12. The Balaban J connectivity index is 0.00000256. The first-order valence-corrected chi connectivity index (χ1v) is 9.98. The summed E-state index contributed by atoms with van der Waals surface area (Å²) in [6, 6.07) is 16.6. The minimum atomic E-state index is 0. The fourth-order valence-corrected chi connectivity index (χ4v) is 3.57. The fourth-order valence-electron chi connectivity index (χ4n) is 3.57. The van der Waals surface area contributed by atoms with Gasteiger partial charge in [-0.1, -0.05) is 30.3 Å². The van der Waals surface area contributed by atoms with Crippen LogP contribution in [0, 0.1) is 0 Å². The van der Waals surface area contributed by atoms with E-state index in [9.17, 15) is 0 Å². The van der Waals surface area contributed by atoms with Gasteiger partial charge in [-0.3, -0.25) is 9.89 Å². The van der Waals surface area contributed by atoms with E-state index in [4.69, 9.17) is 0 Å². The molecule has 1 saturated heterocycles. The lowest BCUT2D eigenvalue weighted by atomic mass is 10.2. The molecule has 0 unspecified atom stereocenters. The van der Waals surface area contributed by atoms with Crippen molar-refractivity contribution in [1.82, 2.24) is 29.9 Å². The van der Waals surface area contributed by atoms with Crippen molar-refractivity contribution in [3.8, 4) is 5.82 Å². The van der Waals surface area contributed by atoms with Gasteiger partial charge in [0.25, 0.3) is 0 Å². The Bertz CT molecular complexity index is 920. The van der Waals surface area contributed by atoms with Gasteiger partial charge in [0, 0.05) is 64.9 Å². The highest BCUT2D eigenvalue weighted by Crippen LogP contribution is 2.10. The topological polar surface area (TPSA) is 61.6 Å². The monoisotopic (exact) mass is 517 g/mol. The van der Waals surface area contributed by atoms with E-state index in [1.807, 2.05) is 37.6 Å². The summed E-state index contributed by atoms with van der Waals surface area (Å²) in [6.07, 6.45) is 5.47. The van der Waals surface area contributed by atoms with Crippen LogP contribution in [-0.4, -0.2) is 63.8 Å². The zero-order valence-electron chi connectivity index (χ0n) is 17.2. The van der Waals surface area contributed by atoms with E-state index in [1.165, 1.54) is 5.56 Å². The predicted molar refractivity (Wildman–Crippen MR) is 130 cm³/mol. The van der Waals surface area contributed by atoms with E-state index in [2.05, 4.69) is 60.5 Å². The predicted octanol–water partition coefficient (Wildman–Crippen LogP) is 2.78. The molecule has 0 aliphatic carbocycles. The molecule has 4 rings (SSSR count). The maximum Gasteiger partial charge on any atom is 0.194 e. The molecule has 8 heteroatoms. The fraction of sp³-hybridized carbons (Fsp3) is 0.318. The summed E-state index contributed by atoms with van der Waals surface area (Å²) in [5.41, 5.74) is 2.52. The average Bonchev–Trinajstić information content (AvgIpc) is 3.31. The summed E-state index contributed by atoms with van der Waals surface area (Å²) in [7, 11) is 1.85. The summed E-state index contributed by atoms with van der Waals surface area (Å²) in [6.45, 7) is 5.73. The molecule has 0 amide bonds. The summed E-state index contributed by atoms with van der Waals surface area (Å²) < 4.78 is 1.77. The number of piperazine rings is 1. The van der Waals surface area contributed by atoms with E-state index in [-0.39, 0.29) is 24.0 Å². The zero-order valence-corrected chi connectivity index (χ0v) is 19.5. The van der Waals surface area contributed by atoms with Crippen LogP contribution in [-0.2, 0) is 13.1 Å². The first-order valence-electron chi connectivity index (χ1n) is 9.98. The molecule has 0 bridgehead atoms. The lowest BCUT2D eigenvalue weighted by molar-refractivity contribution is 0.172. The van der Waals surface area contributed by atoms with Crippen LogP contribution in [0.25, 0.3) is 5.82 Å². The molecule has 1 N–H and O–H groups in total. The minimum Gasteiger partial charge on any atom is -0.352 e. The highest BCUT2D eigenvalue weighted by molar-refractivity contribution is 14.0. The molecule has 0 spiro atoms. The summed E-state index contributed by atoms with van der Waals surface area (Å²) >= 11 is 0. The van der Waals surface area contributed by atoms with Crippen LogP contribution >= 0.6 is 24.0 Å². The van der Waals surface area contributed by atoms with Crippen LogP contribution < -0.4 is 5.32 Å². The zero-order chi connectivity index (χ0) is 19.9. The Morgan fingerprint density at radius 2 is 1.80 bits per heavy atom. The van der Waals surface area contributed by atoms with Gasteiger partial charge in [0.1, 0.15) is 0 Å². The standard InChI is InChI=1S/C22H27N7.HI/c1-23-22(25-17-20-8-10-24-21(16-20)29-11-5-9-26-29)28-14-12-27(13-15-28)18-19-6-3-2-4-7-19;/h2-11,16H,12-15,17-18H2,1H3,(H,23,25);1H. The first kappa shape index (κ1) is 22.2. The number of pyridine rings is 1. The van der Waals surface area contributed by atoms with Crippen LogP contribution in [0.5, 0.6) is 0 Å². The third-order valence-corrected chi connectivity index (χ3v) is 5.13. The van der Waals surface area contributed by atoms with E-state index >= 15 is 0 Å². The maximum absolute atomic E-state index is 4.49. The Hall–Kier alpha value is -2.46. The van der Waals surface area contributed by atoms with Crippen LogP contribution in [0.2, 0.25) is 0 Å². The Morgan fingerprint density at radius 3 is 2.50 bits per heavy atom. The van der Waals surface area contributed by atoms with Crippen molar-refractivity contribution in [3.05, 3.63) is 78.2 Å². The average molecular weight is 517 g/mol. The van der Waals surface area contributed by atoms with Crippen LogP contribution in [0.15, 0.2) is 72.1 Å². The second-order valence-electron chi connectivity index (χ2n) is 7.12. The quantitative estimate of drug-likeness (QED) is 0.321. The number of rotatable bonds is 5. The Kier molecular flexibility index (Phi) is 8.21. The van der Waals surface area contributed by atoms with Gasteiger partial charge >= 0.3 is 0 Å². The molecule has 1 aliphatic rings. The third-order valence-electron chi connectivity index (χ3n) is 5.13. The second kappa shape index (κ2) is 11.1. The van der Waals surface area contributed by atoms with Crippen molar-refractivity contribution in [2.75, 3.05) is 33.2 Å². The number of halogens is 1. The maximum atomic E-state index is 4.49. The molecule has 7 nitrogen and oxygen atoms in total. The number of nitrogens with one attached hydrogen (secondary N) is 1. The molecular formula is C22H28IN7. The molecule has 1 aliphatic heterocycles. The van der Waals surface area contributed by atoms with Gasteiger partial charge in [0.05, 0.1) is 0 Å². The van der Waals surface area contributed by atoms with Gasteiger partial charge < -0.3 is 10.2 Å². The molecular weight excluding hydrogens is 489 g/mol. The summed E-state index contributed by atoms with van der Waals surface area (Å²) in [4.78, 5) is 13.7. The van der Waals surface area contributed by atoms with Gasteiger partial charge in [-0.25, -0.2) is 9.67 Å². The molecule has 158 valence electrons. The number of guanidine groups is 1. The van der Waals surface area contributed by atoms with Crippen molar-refractivity contribution >= 4 is 29.9 Å². The van der Waals surface area contributed by atoms with Gasteiger partial charge in [-0.2, -0.15) is 5.10 Å². The van der Waals surface area contributed by atoms with Crippen molar-refractivity contribution in [3.63, 3.8) is 0 Å². The normalized spacial score (nSPS) is 15.0. The smallest absolute Gasteiger partial charge is 0.194 e. The molecule has 1 fully saturated rings. The van der Waals surface area contributed by atoms with Crippen LogP contribution in [0.3, 0.4) is 0 Å². The SMILES string of the molecule is CN=C(NCc1ccnc(-n2cccn2)c1)N1CCN(Cc2ccccc2)CC1.I. The number of nitrogens with zero attached hydrogens (tertiary/aromatic N) is 6. The first-order chi connectivity index (χ1) is 14.3. The van der Waals surface area contributed by atoms with Gasteiger partial charge in [0.15, 0.2) is 11.8 Å². The molecule has 0 radical (unpaired) electrons. The lowest BCUT2D eigenvalue weighted by Gasteiger charge is -2.36. The number of benzene rings is 1. The minimum absolute atomic E-state index is 0. The highest BCUT2D eigenvalue weighted by atomic mass is 127. The van der Waals surface area contributed by atoms with Crippen molar-refractivity contribution in [2.24, 2.45) is 4.99 Å². The molecule has 1 aromatic carbocycles. The molecule has 3 aromatic rings. The summed E-state index contributed by atoms with van der Waals surface area (Å²) in [5.74, 6) is 1.76. The van der Waals surface area contributed by atoms with Gasteiger partial charge in [-0.05, 0) is 29.3 Å². The van der Waals surface area contributed by atoms with Crippen molar-refractivity contribution in [2.45, 2.75) is 13.1 Å². The largest absolute Gasteiger partial charge is 0.352 e. The van der Waals surface area contributed by atoms with Crippen LogP contribution in [0.4, 0.5) is 0 Å². The van der Waals surface area contributed by atoms with Gasteiger partial charge in [0.2, 0.25) is 0 Å². The van der Waals surface area contributed by atoms with E-state index < -0.39 is 0 Å². The Morgan fingerprint density at radius 1 is 1.00 bits per heavy atom. The molecule has 2 aromatic heterocycles. The molecule has 0 saturated carbocycles. The number of hydrogen-bond acceptors (Lipinski definition) is 4. The van der Waals surface area contributed by atoms with Crippen LogP contribution in [0.1, 0.15) is 11.1 Å². The number of aromatic nitrogens is 3. The third kappa shape index (κ3) is 5.79. The Labute approximate surface area is 194 Å². The van der Waals surface area contributed by atoms with E-state index in [1.54, 1.807) is 10.9 Å².